The van der Waals surface area contributed by atoms with E-state index < -0.39 is 0 Å². The summed E-state index contributed by atoms with van der Waals surface area (Å²) in [6.07, 6.45) is 1.20. The molecule has 1 aromatic heterocycles. The SMILES string of the molecule is CCCN(Cc1c(Br)c(C)nn1C)C1CNC1. The van der Waals surface area contributed by atoms with Crippen LogP contribution in [0.3, 0.4) is 0 Å². The minimum absolute atomic E-state index is 0.692. The molecule has 0 atom stereocenters. The molecule has 0 spiro atoms. The van der Waals surface area contributed by atoms with Gasteiger partial charge in [-0.05, 0) is 35.8 Å². The first-order valence-electron chi connectivity index (χ1n) is 6.26. The zero-order valence-corrected chi connectivity index (χ0v) is 12.4. The number of aryl methyl sites for hydroxylation is 2. The zero-order chi connectivity index (χ0) is 12.4. The Kier molecular flexibility index (Phi) is 4.22. The molecule has 1 saturated heterocycles. The van der Waals surface area contributed by atoms with Crippen molar-refractivity contribution in [2.24, 2.45) is 7.05 Å². The first kappa shape index (κ1) is 13.1. The van der Waals surface area contributed by atoms with Gasteiger partial charge in [-0.15, -0.1) is 0 Å². The van der Waals surface area contributed by atoms with E-state index >= 15 is 0 Å². The van der Waals surface area contributed by atoms with Crippen molar-refractivity contribution in [3.8, 4) is 0 Å². The quantitative estimate of drug-likeness (QED) is 0.898. The minimum atomic E-state index is 0.692. The molecule has 0 bridgehead atoms. The van der Waals surface area contributed by atoms with Gasteiger partial charge in [0.25, 0.3) is 0 Å². The lowest BCUT2D eigenvalue weighted by molar-refractivity contribution is 0.134. The van der Waals surface area contributed by atoms with Gasteiger partial charge in [0, 0.05) is 32.7 Å². The molecule has 17 heavy (non-hydrogen) atoms. The Hall–Kier alpha value is -0.390. The van der Waals surface area contributed by atoms with Crippen LogP contribution in [-0.4, -0.2) is 40.4 Å². The van der Waals surface area contributed by atoms with Crippen LogP contribution in [0.4, 0.5) is 0 Å². The molecular weight excluding hydrogens is 280 g/mol. The number of nitrogens with one attached hydrogen (secondary N) is 1. The van der Waals surface area contributed by atoms with Crippen molar-refractivity contribution in [1.82, 2.24) is 20.0 Å². The summed E-state index contributed by atoms with van der Waals surface area (Å²) in [6, 6.07) is 0.692. The maximum atomic E-state index is 4.45. The Morgan fingerprint density at radius 1 is 1.53 bits per heavy atom. The Morgan fingerprint density at radius 3 is 2.65 bits per heavy atom. The highest BCUT2D eigenvalue weighted by atomic mass is 79.9. The largest absolute Gasteiger partial charge is 0.314 e. The first-order chi connectivity index (χ1) is 8.13. The van der Waals surface area contributed by atoms with E-state index in [1.165, 1.54) is 12.1 Å². The van der Waals surface area contributed by atoms with Gasteiger partial charge in [-0.25, -0.2) is 0 Å². The van der Waals surface area contributed by atoms with Gasteiger partial charge in [0.15, 0.2) is 0 Å². The summed E-state index contributed by atoms with van der Waals surface area (Å²) in [6.45, 7) is 8.66. The van der Waals surface area contributed by atoms with Gasteiger partial charge in [-0.3, -0.25) is 9.58 Å². The van der Waals surface area contributed by atoms with Gasteiger partial charge >= 0.3 is 0 Å². The third-order valence-electron chi connectivity index (χ3n) is 3.40. The van der Waals surface area contributed by atoms with Gasteiger partial charge < -0.3 is 5.32 Å². The molecule has 4 nitrogen and oxygen atoms in total. The normalized spacial score (nSPS) is 16.5. The summed E-state index contributed by atoms with van der Waals surface area (Å²) >= 11 is 3.64. The van der Waals surface area contributed by atoms with Crippen molar-refractivity contribution < 1.29 is 0 Å². The molecule has 1 N–H and O–H groups in total. The Labute approximate surface area is 111 Å². The van der Waals surface area contributed by atoms with Crippen LogP contribution in [0.1, 0.15) is 24.7 Å². The lowest BCUT2D eigenvalue weighted by Gasteiger charge is -2.38. The lowest BCUT2D eigenvalue weighted by atomic mass is 10.1. The van der Waals surface area contributed by atoms with E-state index in [0.717, 1.165) is 36.3 Å². The molecule has 1 aliphatic rings. The van der Waals surface area contributed by atoms with Crippen molar-refractivity contribution in [2.45, 2.75) is 32.9 Å². The molecule has 0 aromatic carbocycles. The molecule has 2 rings (SSSR count). The molecule has 1 fully saturated rings. The summed E-state index contributed by atoms with van der Waals surface area (Å²) in [5.41, 5.74) is 2.36. The fraction of sp³-hybridized carbons (Fsp3) is 0.750. The lowest BCUT2D eigenvalue weighted by Crippen LogP contribution is -2.57. The van der Waals surface area contributed by atoms with E-state index in [0.29, 0.717) is 6.04 Å². The molecule has 0 aliphatic carbocycles. The highest BCUT2D eigenvalue weighted by Gasteiger charge is 2.25. The van der Waals surface area contributed by atoms with Gasteiger partial charge in [0.05, 0.1) is 15.9 Å². The third-order valence-corrected chi connectivity index (χ3v) is 4.43. The second-order valence-corrected chi connectivity index (χ2v) is 5.55. The Bertz CT molecular complexity index is 384. The zero-order valence-electron chi connectivity index (χ0n) is 10.8. The number of aromatic nitrogens is 2. The monoisotopic (exact) mass is 300 g/mol. The number of hydrogen-bond acceptors (Lipinski definition) is 3. The summed E-state index contributed by atoms with van der Waals surface area (Å²) in [7, 11) is 2.02. The summed E-state index contributed by atoms with van der Waals surface area (Å²) in [5, 5.41) is 7.80. The second kappa shape index (κ2) is 5.50. The second-order valence-electron chi connectivity index (χ2n) is 4.75. The minimum Gasteiger partial charge on any atom is -0.314 e. The maximum absolute atomic E-state index is 4.45. The number of rotatable bonds is 5. The third kappa shape index (κ3) is 2.72. The van der Waals surface area contributed by atoms with Crippen molar-refractivity contribution >= 4 is 15.9 Å². The number of hydrogen-bond donors (Lipinski definition) is 1. The van der Waals surface area contributed by atoms with Gasteiger partial charge in [0.2, 0.25) is 0 Å². The molecule has 0 amide bonds. The fourth-order valence-corrected chi connectivity index (χ4v) is 2.72. The van der Waals surface area contributed by atoms with Crippen LogP contribution in [0.2, 0.25) is 0 Å². The Balaban J connectivity index is 2.10. The molecular formula is C12H21BrN4. The van der Waals surface area contributed by atoms with Crippen LogP contribution in [0.5, 0.6) is 0 Å². The highest BCUT2D eigenvalue weighted by Crippen LogP contribution is 2.23. The average molecular weight is 301 g/mol. The predicted octanol–water partition coefficient (Wildman–Crippen LogP) is 1.67. The van der Waals surface area contributed by atoms with Gasteiger partial charge in [0.1, 0.15) is 0 Å². The molecule has 2 heterocycles. The van der Waals surface area contributed by atoms with Crippen molar-refractivity contribution in [1.29, 1.82) is 0 Å². The maximum Gasteiger partial charge on any atom is 0.0739 e. The van der Waals surface area contributed by atoms with Crippen LogP contribution in [0, 0.1) is 6.92 Å². The van der Waals surface area contributed by atoms with E-state index in [2.05, 4.69) is 38.2 Å². The first-order valence-corrected chi connectivity index (χ1v) is 7.05. The standard InChI is InChI=1S/C12H21BrN4/c1-4-5-17(10-6-14-7-10)8-11-12(13)9(2)15-16(11)3/h10,14H,4-8H2,1-3H3. The molecule has 5 heteroatoms. The van der Waals surface area contributed by atoms with Crippen LogP contribution < -0.4 is 5.32 Å². The Morgan fingerprint density at radius 2 is 2.24 bits per heavy atom. The molecule has 1 aromatic rings. The van der Waals surface area contributed by atoms with E-state index in [-0.39, 0.29) is 0 Å². The van der Waals surface area contributed by atoms with Crippen LogP contribution in [0.25, 0.3) is 0 Å². The number of halogens is 1. The fourth-order valence-electron chi connectivity index (χ4n) is 2.25. The molecule has 0 unspecified atom stereocenters. The number of nitrogens with zero attached hydrogens (tertiary/aromatic N) is 3. The van der Waals surface area contributed by atoms with Crippen molar-refractivity contribution in [2.75, 3.05) is 19.6 Å². The molecule has 1 aliphatic heterocycles. The molecule has 0 radical (unpaired) electrons. The van der Waals surface area contributed by atoms with E-state index in [9.17, 15) is 0 Å². The predicted molar refractivity (Wildman–Crippen MR) is 73.0 cm³/mol. The molecule has 0 saturated carbocycles. The van der Waals surface area contributed by atoms with Crippen LogP contribution >= 0.6 is 15.9 Å². The van der Waals surface area contributed by atoms with E-state index in [4.69, 9.17) is 0 Å². The van der Waals surface area contributed by atoms with E-state index in [1.807, 2.05) is 18.7 Å². The smallest absolute Gasteiger partial charge is 0.0739 e. The van der Waals surface area contributed by atoms with Gasteiger partial charge in [-0.1, -0.05) is 6.92 Å². The average Bonchev–Trinajstić information content (AvgIpc) is 2.43. The van der Waals surface area contributed by atoms with Crippen LogP contribution in [0.15, 0.2) is 4.47 Å². The topological polar surface area (TPSA) is 33.1 Å². The molecule has 96 valence electrons. The highest BCUT2D eigenvalue weighted by molar-refractivity contribution is 9.10. The summed E-state index contributed by atoms with van der Waals surface area (Å²) in [4.78, 5) is 2.55. The van der Waals surface area contributed by atoms with Gasteiger partial charge in [-0.2, -0.15) is 5.10 Å². The summed E-state index contributed by atoms with van der Waals surface area (Å²) in [5.74, 6) is 0. The summed E-state index contributed by atoms with van der Waals surface area (Å²) < 4.78 is 3.15. The van der Waals surface area contributed by atoms with Crippen molar-refractivity contribution in [3.05, 3.63) is 15.9 Å². The van der Waals surface area contributed by atoms with Crippen LogP contribution in [-0.2, 0) is 13.6 Å². The van der Waals surface area contributed by atoms with E-state index in [1.54, 1.807) is 0 Å². The van der Waals surface area contributed by atoms with Crippen molar-refractivity contribution in [3.63, 3.8) is 0 Å².